The molecule has 0 radical (unpaired) electrons. The quantitative estimate of drug-likeness (QED) is 0.220. The minimum atomic E-state index is 1.14. The van der Waals surface area contributed by atoms with Gasteiger partial charge in [-0.1, -0.05) is 72.3 Å². The van der Waals surface area contributed by atoms with Crippen LogP contribution < -0.4 is 4.90 Å². The molecule has 6 aromatic carbocycles. The SMILES string of the molecule is Cc1ccc2c(c1)c1c(N(c3ccccc3)c3ccc4sc5ccccc5c4c3)cccc1n2-c1ccccc1. The molecule has 0 saturated heterocycles. The van der Waals surface area contributed by atoms with Crippen molar-refractivity contribution in [1.82, 2.24) is 4.57 Å². The predicted molar refractivity (Wildman–Crippen MR) is 173 cm³/mol. The molecule has 8 aromatic rings. The van der Waals surface area contributed by atoms with E-state index in [0.717, 1.165) is 11.4 Å². The van der Waals surface area contributed by atoms with Crippen LogP contribution in [-0.4, -0.2) is 4.57 Å². The summed E-state index contributed by atoms with van der Waals surface area (Å²) in [5.41, 5.74) is 8.31. The Morgan fingerprint density at radius 1 is 0.525 bits per heavy atom. The Balaban J connectivity index is 1.47. The molecule has 3 heteroatoms. The third-order valence-corrected chi connectivity index (χ3v) is 8.96. The number of benzene rings is 6. The monoisotopic (exact) mass is 530 g/mol. The Bertz CT molecular complexity index is 2170. The van der Waals surface area contributed by atoms with Crippen molar-refractivity contribution in [2.24, 2.45) is 0 Å². The predicted octanol–water partition coefficient (Wildman–Crippen LogP) is 10.9. The second kappa shape index (κ2) is 9.11. The zero-order chi connectivity index (χ0) is 26.6. The third-order valence-electron chi connectivity index (χ3n) is 7.81. The van der Waals surface area contributed by atoms with Gasteiger partial charge < -0.3 is 9.47 Å². The second-order valence-electron chi connectivity index (χ2n) is 10.3. The minimum absolute atomic E-state index is 1.14. The number of para-hydroxylation sites is 2. The van der Waals surface area contributed by atoms with E-state index in [9.17, 15) is 0 Å². The van der Waals surface area contributed by atoms with Crippen LogP contribution in [0.15, 0.2) is 140 Å². The fraction of sp³-hybridized carbons (Fsp3) is 0.0270. The van der Waals surface area contributed by atoms with E-state index in [0.29, 0.717) is 0 Å². The lowest BCUT2D eigenvalue weighted by atomic mass is 10.1. The van der Waals surface area contributed by atoms with Crippen molar-refractivity contribution in [3.8, 4) is 5.69 Å². The number of nitrogens with zero attached hydrogens (tertiary/aromatic N) is 2. The molecule has 0 bridgehead atoms. The van der Waals surface area contributed by atoms with E-state index in [-0.39, 0.29) is 0 Å². The molecule has 40 heavy (non-hydrogen) atoms. The maximum absolute atomic E-state index is 2.42. The third kappa shape index (κ3) is 3.55. The molecule has 0 spiro atoms. The smallest absolute Gasteiger partial charge is 0.0562 e. The minimum Gasteiger partial charge on any atom is -0.310 e. The lowest BCUT2D eigenvalue weighted by molar-refractivity contribution is 1.18. The molecule has 0 amide bonds. The molecule has 0 saturated carbocycles. The van der Waals surface area contributed by atoms with Gasteiger partial charge in [-0.25, -0.2) is 0 Å². The summed E-state index contributed by atoms with van der Waals surface area (Å²) in [4.78, 5) is 2.42. The first-order chi connectivity index (χ1) is 19.8. The van der Waals surface area contributed by atoms with E-state index in [1.807, 2.05) is 11.3 Å². The van der Waals surface area contributed by atoms with Crippen molar-refractivity contribution in [1.29, 1.82) is 0 Å². The molecule has 0 unspecified atom stereocenters. The molecule has 0 N–H and O–H groups in total. The normalized spacial score (nSPS) is 11.6. The first-order valence-electron chi connectivity index (χ1n) is 13.6. The fourth-order valence-electron chi connectivity index (χ4n) is 6.06. The lowest BCUT2D eigenvalue weighted by Crippen LogP contribution is -2.10. The van der Waals surface area contributed by atoms with Crippen LogP contribution in [-0.2, 0) is 0 Å². The summed E-state index contributed by atoms with van der Waals surface area (Å²) in [6.07, 6.45) is 0. The average Bonchev–Trinajstić information content (AvgIpc) is 3.54. The van der Waals surface area contributed by atoms with Crippen molar-refractivity contribution < 1.29 is 0 Å². The van der Waals surface area contributed by atoms with Crippen molar-refractivity contribution in [3.05, 3.63) is 145 Å². The number of anilines is 3. The van der Waals surface area contributed by atoms with E-state index < -0.39 is 0 Å². The zero-order valence-corrected chi connectivity index (χ0v) is 22.9. The Morgan fingerprint density at radius 3 is 2.12 bits per heavy atom. The van der Waals surface area contributed by atoms with Crippen LogP contribution in [0.2, 0.25) is 0 Å². The van der Waals surface area contributed by atoms with Crippen LogP contribution in [0.4, 0.5) is 17.1 Å². The lowest BCUT2D eigenvalue weighted by Gasteiger charge is -2.26. The summed E-state index contributed by atoms with van der Waals surface area (Å²) >= 11 is 1.86. The van der Waals surface area contributed by atoms with Crippen LogP contribution in [0.1, 0.15) is 5.56 Å². The molecular weight excluding hydrogens is 504 g/mol. The Morgan fingerprint density at radius 2 is 1.27 bits per heavy atom. The molecule has 0 aliphatic rings. The van der Waals surface area contributed by atoms with Crippen molar-refractivity contribution in [3.63, 3.8) is 0 Å². The molecular formula is C37H26N2S. The highest BCUT2D eigenvalue weighted by Crippen LogP contribution is 2.45. The van der Waals surface area contributed by atoms with Crippen LogP contribution in [0.25, 0.3) is 47.7 Å². The Hall–Kier alpha value is -4.86. The second-order valence-corrected chi connectivity index (χ2v) is 11.4. The Labute approximate surface area is 237 Å². The largest absolute Gasteiger partial charge is 0.310 e. The molecule has 0 atom stereocenters. The van der Waals surface area contributed by atoms with Gasteiger partial charge in [-0.2, -0.15) is 0 Å². The first-order valence-corrected chi connectivity index (χ1v) is 14.4. The van der Waals surface area contributed by atoms with Crippen LogP contribution >= 0.6 is 11.3 Å². The fourth-order valence-corrected chi connectivity index (χ4v) is 7.15. The average molecular weight is 531 g/mol. The van der Waals surface area contributed by atoms with Gasteiger partial charge in [-0.15, -0.1) is 11.3 Å². The number of aryl methyl sites for hydroxylation is 1. The van der Waals surface area contributed by atoms with Gasteiger partial charge >= 0.3 is 0 Å². The highest BCUT2D eigenvalue weighted by molar-refractivity contribution is 7.25. The van der Waals surface area contributed by atoms with E-state index in [1.165, 1.54) is 58.9 Å². The molecule has 0 aliphatic heterocycles. The van der Waals surface area contributed by atoms with Gasteiger partial charge in [-0.3, -0.25) is 0 Å². The summed E-state index contributed by atoms with van der Waals surface area (Å²) in [6.45, 7) is 2.18. The van der Waals surface area contributed by atoms with Gasteiger partial charge in [0.05, 0.1) is 16.7 Å². The van der Waals surface area contributed by atoms with Gasteiger partial charge in [0.25, 0.3) is 0 Å². The highest BCUT2D eigenvalue weighted by atomic mass is 32.1. The molecule has 190 valence electrons. The summed E-state index contributed by atoms with van der Waals surface area (Å²) in [5.74, 6) is 0. The standard InChI is InChI=1S/C37H26N2S/c1-25-19-21-32-31(23-25)37-33(16-10-17-34(37)39(32)27-13-6-3-7-14-27)38(26-11-4-2-5-12-26)28-20-22-36-30(24-28)29-15-8-9-18-35(29)40-36/h2-24H,1H3. The van der Waals surface area contributed by atoms with Crippen molar-refractivity contribution in [2.45, 2.75) is 6.92 Å². The zero-order valence-electron chi connectivity index (χ0n) is 22.1. The molecule has 2 aromatic heterocycles. The van der Waals surface area contributed by atoms with Crippen molar-refractivity contribution >= 4 is 70.4 Å². The maximum Gasteiger partial charge on any atom is 0.0562 e. The van der Waals surface area contributed by atoms with Gasteiger partial charge in [0.1, 0.15) is 0 Å². The van der Waals surface area contributed by atoms with E-state index in [2.05, 4.69) is 156 Å². The first kappa shape index (κ1) is 23.1. The molecule has 0 aliphatic carbocycles. The van der Waals surface area contributed by atoms with E-state index in [1.54, 1.807) is 0 Å². The number of thiophene rings is 1. The topological polar surface area (TPSA) is 8.17 Å². The molecule has 2 nitrogen and oxygen atoms in total. The highest BCUT2D eigenvalue weighted by Gasteiger charge is 2.21. The van der Waals surface area contributed by atoms with Gasteiger partial charge in [0.2, 0.25) is 0 Å². The van der Waals surface area contributed by atoms with Crippen LogP contribution in [0.5, 0.6) is 0 Å². The number of hydrogen-bond donors (Lipinski definition) is 0. The summed E-state index contributed by atoms with van der Waals surface area (Å²) in [6, 6.07) is 50.6. The number of rotatable bonds is 4. The van der Waals surface area contributed by atoms with Gasteiger partial charge in [-0.05, 0) is 79.7 Å². The van der Waals surface area contributed by atoms with E-state index >= 15 is 0 Å². The summed E-state index contributed by atoms with van der Waals surface area (Å²) < 4.78 is 5.03. The molecule has 8 rings (SSSR count). The van der Waals surface area contributed by atoms with Gasteiger partial charge in [0, 0.05) is 48.0 Å². The summed E-state index contributed by atoms with van der Waals surface area (Å²) in [5, 5.41) is 5.13. The number of hydrogen-bond acceptors (Lipinski definition) is 2. The number of aromatic nitrogens is 1. The molecule has 2 heterocycles. The van der Waals surface area contributed by atoms with Crippen LogP contribution in [0.3, 0.4) is 0 Å². The Kier molecular flexibility index (Phi) is 5.26. The van der Waals surface area contributed by atoms with Crippen molar-refractivity contribution in [2.75, 3.05) is 4.90 Å². The maximum atomic E-state index is 2.42. The molecule has 0 fully saturated rings. The summed E-state index contributed by atoms with van der Waals surface area (Å²) in [7, 11) is 0. The van der Waals surface area contributed by atoms with Crippen LogP contribution in [0, 0.1) is 6.92 Å². The van der Waals surface area contributed by atoms with Gasteiger partial charge in [0.15, 0.2) is 0 Å². The number of fused-ring (bicyclic) bond motifs is 6. The van der Waals surface area contributed by atoms with E-state index in [4.69, 9.17) is 0 Å².